The number of amides is 1. The van der Waals surface area contributed by atoms with E-state index in [-0.39, 0.29) is 5.91 Å². The molecule has 18 heavy (non-hydrogen) atoms. The van der Waals surface area contributed by atoms with Crippen LogP contribution in [0.25, 0.3) is 0 Å². The maximum Gasteiger partial charge on any atom is 0.278 e. The average Bonchev–Trinajstić information content (AvgIpc) is 2.35. The zero-order valence-electron chi connectivity index (χ0n) is 11.8. The van der Waals surface area contributed by atoms with Gasteiger partial charge in [-0.3, -0.25) is 4.79 Å². The lowest BCUT2D eigenvalue weighted by Crippen LogP contribution is -2.21. The molecule has 0 unspecified atom stereocenters. The molecule has 0 aliphatic carbocycles. The van der Waals surface area contributed by atoms with Crippen molar-refractivity contribution in [2.24, 2.45) is 0 Å². The fraction of sp³-hybridized carbons (Fsp3) is 0.667. The number of hydroxylamine groups is 1. The van der Waals surface area contributed by atoms with Gasteiger partial charge in [-0.05, 0) is 25.8 Å². The smallest absolute Gasteiger partial charge is 0.278 e. The lowest BCUT2D eigenvalue weighted by atomic mass is 10.1. The minimum absolute atomic E-state index is 0.282. The average molecular weight is 253 g/mol. The molecule has 0 bridgehead atoms. The first kappa shape index (κ1) is 16.8. The Morgan fingerprint density at radius 3 is 2.39 bits per heavy atom. The third-order valence-corrected chi connectivity index (χ3v) is 2.68. The standard InChI is InChI=1S/C15H27NO2/c1-4-5-6-7-8-9-10-11-12-13-18-16-15(17)14(2)3/h12-13H,2,4-11H2,1,3H3,(H,16,17)/b13-12+. The molecule has 0 rings (SSSR count). The van der Waals surface area contributed by atoms with Gasteiger partial charge in [0.2, 0.25) is 0 Å². The molecule has 3 heteroatoms. The highest BCUT2D eigenvalue weighted by Crippen LogP contribution is 2.08. The molecule has 0 aromatic heterocycles. The van der Waals surface area contributed by atoms with Gasteiger partial charge < -0.3 is 4.84 Å². The highest BCUT2D eigenvalue weighted by Gasteiger charge is 1.98. The van der Waals surface area contributed by atoms with Crippen LogP contribution >= 0.6 is 0 Å². The van der Waals surface area contributed by atoms with Crippen LogP contribution in [0.1, 0.15) is 65.2 Å². The zero-order chi connectivity index (χ0) is 13.6. The normalized spacial score (nSPS) is 10.6. The van der Waals surface area contributed by atoms with Crippen LogP contribution < -0.4 is 5.48 Å². The summed E-state index contributed by atoms with van der Waals surface area (Å²) in [5, 5.41) is 0. The molecular weight excluding hydrogens is 226 g/mol. The van der Waals surface area contributed by atoms with Crippen molar-refractivity contribution in [2.75, 3.05) is 0 Å². The van der Waals surface area contributed by atoms with Crippen molar-refractivity contribution in [3.8, 4) is 0 Å². The summed E-state index contributed by atoms with van der Waals surface area (Å²) in [4.78, 5) is 15.9. The highest BCUT2D eigenvalue weighted by atomic mass is 16.6. The largest absolute Gasteiger partial charge is 0.387 e. The van der Waals surface area contributed by atoms with Crippen LogP contribution in [-0.4, -0.2) is 5.91 Å². The predicted molar refractivity (Wildman–Crippen MR) is 75.8 cm³/mol. The fourth-order valence-corrected chi connectivity index (χ4v) is 1.51. The Balaban J connectivity index is 3.23. The lowest BCUT2D eigenvalue weighted by molar-refractivity contribution is -0.125. The molecule has 0 atom stereocenters. The van der Waals surface area contributed by atoms with E-state index in [0.717, 1.165) is 6.42 Å². The zero-order valence-corrected chi connectivity index (χ0v) is 11.8. The van der Waals surface area contributed by atoms with Crippen molar-refractivity contribution < 1.29 is 9.63 Å². The molecule has 0 aromatic carbocycles. The van der Waals surface area contributed by atoms with Crippen LogP contribution in [0.15, 0.2) is 24.5 Å². The Morgan fingerprint density at radius 2 is 1.78 bits per heavy atom. The summed E-state index contributed by atoms with van der Waals surface area (Å²) in [6.07, 6.45) is 13.6. The van der Waals surface area contributed by atoms with Gasteiger partial charge in [0, 0.05) is 5.57 Å². The van der Waals surface area contributed by atoms with Gasteiger partial charge in [-0.2, -0.15) is 5.48 Å². The van der Waals surface area contributed by atoms with Gasteiger partial charge in [0.05, 0.1) is 0 Å². The van der Waals surface area contributed by atoms with E-state index in [2.05, 4.69) is 19.0 Å². The summed E-state index contributed by atoms with van der Waals surface area (Å²) in [7, 11) is 0. The minimum atomic E-state index is -0.282. The molecule has 0 aromatic rings. The third kappa shape index (κ3) is 11.2. The molecular formula is C15H27NO2. The second-order valence-corrected chi connectivity index (χ2v) is 4.61. The van der Waals surface area contributed by atoms with Crippen LogP contribution in [-0.2, 0) is 9.63 Å². The van der Waals surface area contributed by atoms with E-state index in [1.807, 2.05) is 6.08 Å². The van der Waals surface area contributed by atoms with Crippen molar-refractivity contribution in [3.05, 3.63) is 24.5 Å². The van der Waals surface area contributed by atoms with E-state index in [4.69, 9.17) is 4.84 Å². The Labute approximate surface area is 111 Å². The van der Waals surface area contributed by atoms with Crippen LogP contribution in [0.4, 0.5) is 0 Å². The molecule has 0 aliphatic heterocycles. The Hall–Kier alpha value is -1.25. The molecule has 0 heterocycles. The van der Waals surface area contributed by atoms with E-state index in [0.29, 0.717) is 5.57 Å². The number of allylic oxidation sites excluding steroid dienone is 1. The number of rotatable bonds is 11. The monoisotopic (exact) mass is 253 g/mol. The van der Waals surface area contributed by atoms with Gasteiger partial charge >= 0.3 is 0 Å². The summed E-state index contributed by atoms with van der Waals surface area (Å²) >= 11 is 0. The molecule has 0 saturated carbocycles. The topological polar surface area (TPSA) is 38.3 Å². The summed E-state index contributed by atoms with van der Waals surface area (Å²) in [5.74, 6) is -0.282. The van der Waals surface area contributed by atoms with Gasteiger partial charge in [-0.15, -0.1) is 0 Å². The third-order valence-electron chi connectivity index (χ3n) is 2.68. The molecule has 0 aliphatic rings. The van der Waals surface area contributed by atoms with Crippen LogP contribution in [0.5, 0.6) is 0 Å². The number of unbranched alkanes of at least 4 members (excludes halogenated alkanes) is 7. The van der Waals surface area contributed by atoms with Crippen molar-refractivity contribution >= 4 is 5.91 Å². The Bertz CT molecular complexity index is 259. The fourth-order valence-electron chi connectivity index (χ4n) is 1.51. The maximum absolute atomic E-state index is 11.0. The Kier molecular flexibility index (Phi) is 11.4. The summed E-state index contributed by atoms with van der Waals surface area (Å²) in [5.41, 5.74) is 2.72. The maximum atomic E-state index is 11.0. The first-order valence-electron chi connectivity index (χ1n) is 6.95. The molecule has 3 nitrogen and oxygen atoms in total. The number of hydrogen-bond donors (Lipinski definition) is 1. The van der Waals surface area contributed by atoms with Gasteiger partial charge in [-0.1, -0.05) is 52.0 Å². The quantitative estimate of drug-likeness (QED) is 0.258. The minimum Gasteiger partial charge on any atom is -0.387 e. The van der Waals surface area contributed by atoms with Crippen LogP contribution in [0.3, 0.4) is 0 Å². The molecule has 0 spiro atoms. The SMILES string of the molecule is C=C(C)C(=O)NO/C=C/CCCCCCCCC. The lowest BCUT2D eigenvalue weighted by Gasteiger charge is -2.01. The summed E-state index contributed by atoms with van der Waals surface area (Å²) in [6.45, 7) is 7.38. The van der Waals surface area contributed by atoms with Crippen molar-refractivity contribution in [1.29, 1.82) is 0 Å². The Morgan fingerprint density at radius 1 is 1.17 bits per heavy atom. The van der Waals surface area contributed by atoms with Crippen molar-refractivity contribution in [3.63, 3.8) is 0 Å². The highest BCUT2D eigenvalue weighted by molar-refractivity contribution is 5.91. The molecule has 0 fully saturated rings. The summed E-state index contributed by atoms with van der Waals surface area (Å²) in [6, 6.07) is 0. The van der Waals surface area contributed by atoms with E-state index < -0.39 is 0 Å². The summed E-state index contributed by atoms with van der Waals surface area (Å²) < 4.78 is 0. The number of carbonyl (C=O) groups is 1. The van der Waals surface area contributed by atoms with Gasteiger partial charge in [0.15, 0.2) is 0 Å². The number of hydrogen-bond acceptors (Lipinski definition) is 2. The van der Waals surface area contributed by atoms with E-state index in [9.17, 15) is 4.79 Å². The van der Waals surface area contributed by atoms with E-state index in [1.165, 1.54) is 51.2 Å². The van der Waals surface area contributed by atoms with Gasteiger partial charge in [-0.25, -0.2) is 0 Å². The first-order valence-corrected chi connectivity index (χ1v) is 6.95. The molecule has 0 saturated heterocycles. The van der Waals surface area contributed by atoms with E-state index in [1.54, 1.807) is 6.92 Å². The van der Waals surface area contributed by atoms with Crippen molar-refractivity contribution in [1.82, 2.24) is 5.48 Å². The first-order chi connectivity index (χ1) is 8.68. The second kappa shape index (κ2) is 12.2. The molecule has 0 radical (unpaired) electrons. The van der Waals surface area contributed by atoms with Gasteiger partial charge in [0.25, 0.3) is 5.91 Å². The van der Waals surface area contributed by atoms with Crippen LogP contribution in [0, 0.1) is 0 Å². The number of nitrogens with one attached hydrogen (secondary N) is 1. The molecule has 1 amide bonds. The number of carbonyl (C=O) groups excluding carboxylic acids is 1. The molecule has 1 N–H and O–H groups in total. The second-order valence-electron chi connectivity index (χ2n) is 4.61. The van der Waals surface area contributed by atoms with Crippen molar-refractivity contribution in [2.45, 2.75) is 65.2 Å². The van der Waals surface area contributed by atoms with Gasteiger partial charge in [0.1, 0.15) is 6.26 Å². The van der Waals surface area contributed by atoms with Crippen LogP contribution in [0.2, 0.25) is 0 Å². The van der Waals surface area contributed by atoms with E-state index >= 15 is 0 Å². The predicted octanol–water partition coefficient (Wildman–Crippen LogP) is 4.26. The molecule has 104 valence electrons.